The molecule has 0 rings (SSSR count). The Balaban J connectivity index is 4.71. The molecule has 0 N–H and O–H groups in total. The topological polar surface area (TPSA) is 17.1 Å². The van der Waals surface area contributed by atoms with Crippen molar-refractivity contribution in [1.29, 1.82) is 0 Å². The van der Waals surface area contributed by atoms with Crippen molar-refractivity contribution in [3.63, 3.8) is 0 Å². The van der Waals surface area contributed by atoms with Crippen LogP contribution in [0.3, 0.4) is 0 Å². The molecule has 0 aliphatic carbocycles. The molecule has 0 aromatic rings. The van der Waals surface area contributed by atoms with Crippen LogP contribution in [0.2, 0.25) is 0 Å². The van der Waals surface area contributed by atoms with Crippen molar-refractivity contribution < 1.29 is 13.6 Å². The summed E-state index contributed by atoms with van der Waals surface area (Å²) in [5.74, 6) is -3.80. The van der Waals surface area contributed by atoms with Crippen LogP contribution >= 0.6 is 0 Å². The fourth-order valence-electron chi connectivity index (χ4n) is 2.06. The third-order valence-electron chi connectivity index (χ3n) is 3.93. The molecule has 0 aliphatic rings. The van der Waals surface area contributed by atoms with Crippen molar-refractivity contribution in [2.45, 2.75) is 52.4 Å². The quantitative estimate of drug-likeness (QED) is 0.391. The van der Waals surface area contributed by atoms with Crippen LogP contribution < -0.4 is 0 Å². The minimum absolute atomic E-state index is 0.109. The zero-order valence-corrected chi connectivity index (χ0v) is 12.8. The van der Waals surface area contributed by atoms with Gasteiger partial charge in [0.15, 0.2) is 5.78 Å². The summed E-state index contributed by atoms with van der Waals surface area (Å²) < 4.78 is 29.0. The van der Waals surface area contributed by atoms with Gasteiger partial charge in [-0.3, -0.25) is 4.79 Å². The molecule has 0 fully saturated rings. The Hall–Kier alpha value is -1.25. The summed E-state index contributed by atoms with van der Waals surface area (Å²) in [6, 6.07) is 0. The molecule has 114 valence electrons. The van der Waals surface area contributed by atoms with Crippen LogP contribution in [0.25, 0.3) is 0 Å². The molecule has 0 aromatic heterocycles. The summed E-state index contributed by atoms with van der Waals surface area (Å²) in [4.78, 5) is 11.2. The van der Waals surface area contributed by atoms with E-state index >= 15 is 0 Å². The second-order valence-corrected chi connectivity index (χ2v) is 5.98. The predicted molar refractivity (Wildman–Crippen MR) is 80.9 cm³/mol. The Bertz CT molecular complexity index is 380. The molecule has 3 heteroatoms. The largest absolute Gasteiger partial charge is 0.295 e. The highest BCUT2D eigenvalue weighted by Gasteiger charge is 2.49. The number of allylic oxidation sites excluding steroid dienone is 3. The van der Waals surface area contributed by atoms with E-state index in [1.54, 1.807) is 13.0 Å². The van der Waals surface area contributed by atoms with Gasteiger partial charge in [0.05, 0.1) is 0 Å². The van der Waals surface area contributed by atoms with Gasteiger partial charge in [-0.15, -0.1) is 0 Å². The fraction of sp³-hybridized carbons (Fsp3) is 0.588. The molecular formula is C17H26F2O. The summed E-state index contributed by atoms with van der Waals surface area (Å²) in [5, 5.41) is 0. The summed E-state index contributed by atoms with van der Waals surface area (Å²) in [5.41, 5.74) is -0.451. The van der Waals surface area contributed by atoms with E-state index in [4.69, 9.17) is 0 Å². The number of halogens is 2. The molecule has 0 heterocycles. The van der Waals surface area contributed by atoms with Crippen LogP contribution in [-0.4, -0.2) is 11.7 Å². The molecule has 0 aliphatic heterocycles. The lowest BCUT2D eigenvalue weighted by Crippen LogP contribution is -2.42. The lowest BCUT2D eigenvalue weighted by Gasteiger charge is -2.38. The molecule has 0 aromatic carbocycles. The van der Waals surface area contributed by atoms with Gasteiger partial charge >= 0.3 is 0 Å². The zero-order chi connectivity index (χ0) is 16.0. The molecule has 0 spiro atoms. The van der Waals surface area contributed by atoms with Crippen molar-refractivity contribution in [2.24, 2.45) is 11.3 Å². The van der Waals surface area contributed by atoms with Crippen molar-refractivity contribution in [1.82, 2.24) is 0 Å². The molecule has 0 saturated carbocycles. The van der Waals surface area contributed by atoms with Gasteiger partial charge in [0.25, 0.3) is 5.92 Å². The van der Waals surface area contributed by atoms with Gasteiger partial charge in [-0.25, -0.2) is 8.78 Å². The van der Waals surface area contributed by atoms with E-state index in [1.165, 1.54) is 19.9 Å². The molecule has 20 heavy (non-hydrogen) atoms. The standard InChI is InChI=1S/C17H26F2O/c1-7-13(3)9-10-14(4)17(18,19)16(5,6)12-11-15(20)8-2/h7-8,14H,1-3,9-12H2,4-6H3. The number of hydrogen-bond donors (Lipinski definition) is 0. The van der Waals surface area contributed by atoms with Crippen molar-refractivity contribution in [3.05, 3.63) is 37.5 Å². The molecule has 1 atom stereocenters. The van der Waals surface area contributed by atoms with Gasteiger partial charge in [0, 0.05) is 17.8 Å². The Labute approximate surface area is 121 Å². The summed E-state index contributed by atoms with van der Waals surface area (Å²) in [6.07, 6.45) is 3.92. The third kappa shape index (κ3) is 5.03. The van der Waals surface area contributed by atoms with Gasteiger partial charge in [-0.05, 0) is 25.3 Å². The van der Waals surface area contributed by atoms with Gasteiger partial charge in [-0.2, -0.15) is 0 Å². The van der Waals surface area contributed by atoms with E-state index < -0.39 is 17.3 Å². The molecular weight excluding hydrogens is 258 g/mol. The van der Waals surface area contributed by atoms with Crippen LogP contribution in [0.5, 0.6) is 0 Å². The van der Waals surface area contributed by atoms with Crippen LogP contribution in [0.4, 0.5) is 8.78 Å². The Morgan fingerprint density at radius 2 is 1.75 bits per heavy atom. The van der Waals surface area contributed by atoms with E-state index in [0.29, 0.717) is 12.8 Å². The van der Waals surface area contributed by atoms with Crippen LogP contribution in [0.15, 0.2) is 37.5 Å². The zero-order valence-electron chi connectivity index (χ0n) is 12.8. The fourth-order valence-corrected chi connectivity index (χ4v) is 2.06. The first-order valence-corrected chi connectivity index (χ1v) is 6.91. The summed E-state index contributed by atoms with van der Waals surface area (Å²) in [7, 11) is 0. The maximum atomic E-state index is 14.5. The van der Waals surface area contributed by atoms with Gasteiger partial charge in [0.2, 0.25) is 0 Å². The normalized spacial score (nSPS) is 13.7. The first-order chi connectivity index (χ1) is 9.08. The number of ketones is 1. The third-order valence-corrected chi connectivity index (χ3v) is 3.93. The minimum atomic E-state index is -2.84. The Morgan fingerprint density at radius 1 is 1.20 bits per heavy atom. The van der Waals surface area contributed by atoms with Crippen LogP contribution in [-0.2, 0) is 4.79 Å². The highest BCUT2D eigenvalue weighted by molar-refractivity contribution is 5.88. The van der Waals surface area contributed by atoms with Crippen LogP contribution in [0, 0.1) is 11.3 Å². The molecule has 1 nitrogen and oxygen atoms in total. The lowest BCUT2D eigenvalue weighted by atomic mass is 9.74. The molecule has 0 bridgehead atoms. The second-order valence-electron chi connectivity index (χ2n) is 5.98. The van der Waals surface area contributed by atoms with E-state index in [-0.39, 0.29) is 18.6 Å². The van der Waals surface area contributed by atoms with E-state index in [9.17, 15) is 13.6 Å². The first kappa shape index (κ1) is 18.8. The van der Waals surface area contributed by atoms with Gasteiger partial charge in [-0.1, -0.05) is 52.2 Å². The monoisotopic (exact) mass is 284 g/mol. The van der Waals surface area contributed by atoms with E-state index in [2.05, 4.69) is 19.7 Å². The summed E-state index contributed by atoms with van der Waals surface area (Å²) in [6.45, 7) is 15.3. The maximum absolute atomic E-state index is 14.5. The second kappa shape index (κ2) is 7.51. The summed E-state index contributed by atoms with van der Waals surface area (Å²) >= 11 is 0. The molecule has 1 unspecified atom stereocenters. The molecule has 0 radical (unpaired) electrons. The number of alkyl halides is 2. The SMILES string of the molecule is C=CC(=C)CCC(C)C(F)(F)C(C)(C)CCC(=O)C=C. The van der Waals surface area contributed by atoms with Gasteiger partial charge in [0.1, 0.15) is 0 Å². The Morgan fingerprint density at radius 3 is 2.20 bits per heavy atom. The van der Waals surface area contributed by atoms with Crippen LogP contribution in [0.1, 0.15) is 46.5 Å². The number of rotatable bonds is 10. The average molecular weight is 284 g/mol. The van der Waals surface area contributed by atoms with Crippen molar-refractivity contribution in [3.8, 4) is 0 Å². The highest BCUT2D eigenvalue weighted by atomic mass is 19.3. The lowest BCUT2D eigenvalue weighted by molar-refractivity contribution is -0.151. The molecule has 0 saturated heterocycles. The highest BCUT2D eigenvalue weighted by Crippen LogP contribution is 2.46. The predicted octanol–water partition coefficient (Wildman–Crippen LogP) is 5.34. The van der Waals surface area contributed by atoms with E-state index in [1.807, 2.05) is 0 Å². The number of carbonyl (C=O) groups excluding carboxylic acids is 1. The maximum Gasteiger partial charge on any atom is 0.255 e. The van der Waals surface area contributed by atoms with Gasteiger partial charge < -0.3 is 0 Å². The first-order valence-electron chi connectivity index (χ1n) is 6.91. The Kier molecular flexibility index (Phi) is 7.04. The molecule has 0 amide bonds. The number of hydrogen-bond acceptors (Lipinski definition) is 1. The average Bonchev–Trinajstić information content (AvgIpc) is 2.41. The number of carbonyl (C=O) groups is 1. The van der Waals surface area contributed by atoms with Crippen molar-refractivity contribution >= 4 is 5.78 Å². The van der Waals surface area contributed by atoms with Crippen molar-refractivity contribution in [2.75, 3.05) is 0 Å². The van der Waals surface area contributed by atoms with E-state index in [0.717, 1.165) is 5.57 Å². The minimum Gasteiger partial charge on any atom is -0.295 e. The smallest absolute Gasteiger partial charge is 0.255 e.